The Kier molecular flexibility index (Phi) is 3.24. The van der Waals surface area contributed by atoms with E-state index in [-0.39, 0.29) is 5.91 Å². The Morgan fingerprint density at radius 3 is 2.70 bits per heavy atom. The van der Waals surface area contributed by atoms with E-state index in [1.807, 2.05) is 37.3 Å². The van der Waals surface area contributed by atoms with Gasteiger partial charge in [-0.2, -0.15) is 0 Å². The first-order valence-corrected chi connectivity index (χ1v) is 6.64. The van der Waals surface area contributed by atoms with Crippen LogP contribution in [0.4, 0.5) is 5.69 Å². The Morgan fingerprint density at radius 2 is 2.05 bits per heavy atom. The number of para-hydroxylation sites is 1. The van der Waals surface area contributed by atoms with E-state index in [0.717, 1.165) is 24.3 Å². The van der Waals surface area contributed by atoms with Gasteiger partial charge in [0.25, 0.3) is 5.91 Å². The molecule has 0 aliphatic carbocycles. The first kappa shape index (κ1) is 12.8. The van der Waals surface area contributed by atoms with Crippen LogP contribution in [0.1, 0.15) is 29.3 Å². The first-order chi connectivity index (χ1) is 9.69. The maximum Gasteiger partial charge on any atom is 0.256 e. The van der Waals surface area contributed by atoms with Crippen molar-refractivity contribution in [3.63, 3.8) is 0 Å². The van der Waals surface area contributed by atoms with Crippen molar-refractivity contribution in [1.29, 1.82) is 0 Å². The van der Waals surface area contributed by atoms with E-state index < -0.39 is 5.60 Å². The second-order valence-electron chi connectivity index (χ2n) is 5.07. The van der Waals surface area contributed by atoms with Crippen molar-refractivity contribution in [2.24, 2.45) is 0 Å². The lowest BCUT2D eigenvalue weighted by molar-refractivity contribution is -0.141. The van der Waals surface area contributed by atoms with Gasteiger partial charge in [0.05, 0.1) is 12.2 Å². The molecule has 2 heterocycles. The average Bonchev–Trinajstić information content (AvgIpc) is 2.46. The maximum absolute atomic E-state index is 12.4. The number of hydrogen-bond donors (Lipinski definition) is 1. The highest BCUT2D eigenvalue weighted by Crippen LogP contribution is 2.38. The summed E-state index contributed by atoms with van der Waals surface area (Å²) in [5.41, 5.74) is 1.85. The lowest BCUT2D eigenvalue weighted by Crippen LogP contribution is -2.39. The number of pyridine rings is 1. The Bertz CT molecular complexity index is 621. The first-order valence-electron chi connectivity index (χ1n) is 6.64. The van der Waals surface area contributed by atoms with Gasteiger partial charge >= 0.3 is 0 Å². The molecule has 1 aliphatic heterocycles. The summed E-state index contributed by atoms with van der Waals surface area (Å²) in [5, 5.41) is 2.90. The molecule has 20 heavy (non-hydrogen) atoms. The second-order valence-corrected chi connectivity index (χ2v) is 5.07. The fourth-order valence-corrected chi connectivity index (χ4v) is 2.35. The maximum atomic E-state index is 12.4. The summed E-state index contributed by atoms with van der Waals surface area (Å²) in [6.07, 6.45) is 4.26. The van der Waals surface area contributed by atoms with Crippen LogP contribution in [0.25, 0.3) is 0 Å². The van der Waals surface area contributed by atoms with Gasteiger partial charge in [-0.1, -0.05) is 18.2 Å². The number of nitrogens with zero attached hydrogens (tertiary/aromatic N) is 1. The molecule has 3 rings (SSSR count). The quantitative estimate of drug-likeness (QED) is 0.931. The lowest BCUT2D eigenvalue weighted by atomic mass is 9.86. The van der Waals surface area contributed by atoms with E-state index in [4.69, 9.17) is 4.74 Å². The molecule has 0 spiro atoms. The predicted molar refractivity (Wildman–Crippen MR) is 76.6 cm³/mol. The van der Waals surface area contributed by atoms with Crippen LogP contribution in [-0.2, 0) is 10.3 Å². The molecule has 2 aromatic rings. The van der Waals surface area contributed by atoms with Gasteiger partial charge in [0.15, 0.2) is 0 Å². The van der Waals surface area contributed by atoms with Crippen LogP contribution in [0.2, 0.25) is 0 Å². The van der Waals surface area contributed by atoms with E-state index in [1.54, 1.807) is 18.5 Å². The fraction of sp³-hybridized carbons (Fsp3) is 0.250. The molecule has 0 saturated carbocycles. The van der Waals surface area contributed by atoms with E-state index in [9.17, 15) is 4.79 Å². The molecule has 102 valence electrons. The van der Waals surface area contributed by atoms with Crippen molar-refractivity contribution in [1.82, 2.24) is 4.98 Å². The van der Waals surface area contributed by atoms with Crippen molar-refractivity contribution in [3.8, 4) is 0 Å². The van der Waals surface area contributed by atoms with Crippen LogP contribution >= 0.6 is 0 Å². The summed E-state index contributed by atoms with van der Waals surface area (Å²) >= 11 is 0. The van der Waals surface area contributed by atoms with Crippen LogP contribution < -0.4 is 5.32 Å². The van der Waals surface area contributed by atoms with Gasteiger partial charge in [-0.3, -0.25) is 9.78 Å². The summed E-state index contributed by atoms with van der Waals surface area (Å²) in [5.74, 6) is -0.134. The monoisotopic (exact) mass is 268 g/mol. The van der Waals surface area contributed by atoms with Crippen LogP contribution in [-0.4, -0.2) is 17.5 Å². The van der Waals surface area contributed by atoms with E-state index in [0.29, 0.717) is 5.56 Å². The standard InChI is InChI=1S/C16H16N2O2/c1-16(8-10-20-16)14-11-17-9-7-13(14)15(19)18-12-5-3-2-4-6-12/h2-7,9,11H,8,10H2,1H3,(H,18,19). The van der Waals surface area contributed by atoms with Crippen LogP contribution in [0, 0.1) is 0 Å². The van der Waals surface area contributed by atoms with Crippen LogP contribution in [0.15, 0.2) is 48.8 Å². The average molecular weight is 268 g/mol. The largest absolute Gasteiger partial charge is 0.370 e. The number of carbonyl (C=O) groups excluding carboxylic acids is 1. The van der Waals surface area contributed by atoms with Crippen molar-refractivity contribution < 1.29 is 9.53 Å². The molecule has 1 atom stereocenters. The Balaban J connectivity index is 1.88. The smallest absolute Gasteiger partial charge is 0.256 e. The number of carbonyl (C=O) groups is 1. The van der Waals surface area contributed by atoms with Crippen LogP contribution in [0.5, 0.6) is 0 Å². The molecule has 1 aromatic heterocycles. The summed E-state index contributed by atoms with van der Waals surface area (Å²) in [4.78, 5) is 16.6. The number of aromatic nitrogens is 1. The van der Waals surface area contributed by atoms with Gasteiger partial charge in [0.2, 0.25) is 0 Å². The minimum atomic E-state index is -0.391. The molecule has 1 aromatic carbocycles. The van der Waals surface area contributed by atoms with Crippen molar-refractivity contribution in [2.45, 2.75) is 18.9 Å². The van der Waals surface area contributed by atoms with Crippen molar-refractivity contribution in [2.75, 3.05) is 11.9 Å². The third-order valence-electron chi connectivity index (χ3n) is 3.67. The van der Waals surface area contributed by atoms with Gasteiger partial charge in [-0.15, -0.1) is 0 Å². The topological polar surface area (TPSA) is 51.2 Å². The van der Waals surface area contributed by atoms with Gasteiger partial charge < -0.3 is 10.1 Å². The van der Waals surface area contributed by atoms with E-state index in [2.05, 4.69) is 10.3 Å². The van der Waals surface area contributed by atoms with E-state index in [1.165, 1.54) is 0 Å². The highest BCUT2D eigenvalue weighted by atomic mass is 16.5. The number of ether oxygens (including phenoxy) is 1. The minimum absolute atomic E-state index is 0.134. The lowest BCUT2D eigenvalue weighted by Gasteiger charge is -2.39. The minimum Gasteiger partial charge on any atom is -0.370 e. The molecule has 4 heteroatoms. The zero-order valence-corrected chi connectivity index (χ0v) is 11.3. The fourth-order valence-electron chi connectivity index (χ4n) is 2.35. The SMILES string of the molecule is CC1(c2cnccc2C(=O)Nc2ccccc2)CCO1. The third kappa shape index (κ3) is 2.30. The number of rotatable bonds is 3. The zero-order valence-electron chi connectivity index (χ0n) is 11.3. The molecule has 1 amide bonds. The molecule has 1 fully saturated rings. The van der Waals surface area contributed by atoms with Gasteiger partial charge in [0.1, 0.15) is 0 Å². The normalized spacial score (nSPS) is 21.1. The van der Waals surface area contributed by atoms with Gasteiger partial charge in [-0.25, -0.2) is 0 Å². The van der Waals surface area contributed by atoms with Crippen LogP contribution in [0.3, 0.4) is 0 Å². The Hall–Kier alpha value is -2.20. The van der Waals surface area contributed by atoms with Gasteiger partial charge in [-0.05, 0) is 25.1 Å². The number of nitrogens with one attached hydrogen (secondary N) is 1. The summed E-state index contributed by atoms with van der Waals surface area (Å²) < 4.78 is 5.63. The summed E-state index contributed by atoms with van der Waals surface area (Å²) in [6.45, 7) is 2.72. The number of benzene rings is 1. The molecule has 1 N–H and O–H groups in total. The molecule has 0 bridgehead atoms. The number of anilines is 1. The third-order valence-corrected chi connectivity index (χ3v) is 3.67. The van der Waals surface area contributed by atoms with Gasteiger partial charge in [0, 0.05) is 35.6 Å². The van der Waals surface area contributed by atoms with Crippen molar-refractivity contribution in [3.05, 3.63) is 59.9 Å². The molecule has 1 saturated heterocycles. The number of amides is 1. The van der Waals surface area contributed by atoms with Crippen molar-refractivity contribution >= 4 is 11.6 Å². The zero-order chi connectivity index (χ0) is 14.0. The predicted octanol–water partition coefficient (Wildman–Crippen LogP) is 2.97. The molecule has 1 aliphatic rings. The number of hydrogen-bond acceptors (Lipinski definition) is 3. The Labute approximate surface area is 117 Å². The molecule has 1 unspecified atom stereocenters. The summed E-state index contributed by atoms with van der Waals surface area (Å²) in [6, 6.07) is 11.1. The second kappa shape index (κ2) is 5.06. The highest BCUT2D eigenvalue weighted by molar-refractivity contribution is 6.05. The molecule has 4 nitrogen and oxygen atoms in total. The molecule has 0 radical (unpaired) electrons. The molecular weight excluding hydrogens is 252 g/mol. The Morgan fingerprint density at radius 1 is 1.30 bits per heavy atom. The van der Waals surface area contributed by atoms with E-state index >= 15 is 0 Å². The molecular formula is C16H16N2O2. The highest BCUT2D eigenvalue weighted by Gasteiger charge is 2.38. The summed E-state index contributed by atoms with van der Waals surface area (Å²) in [7, 11) is 0.